The fourth-order valence-electron chi connectivity index (χ4n) is 1.85. The van der Waals surface area contributed by atoms with Gasteiger partial charge in [0.1, 0.15) is 17.7 Å². The predicted octanol–water partition coefficient (Wildman–Crippen LogP) is 4.05. The first-order valence-corrected chi connectivity index (χ1v) is 6.91. The average Bonchev–Trinajstić information content (AvgIpc) is 2.67. The minimum Gasteiger partial charge on any atom is -0.496 e. The molecule has 2 aromatic rings. The SMILES string of the molecule is COc1cccc(F)c1C(O)c1cc(Br)sc1C. The van der Waals surface area contributed by atoms with Crippen molar-refractivity contribution in [2.45, 2.75) is 13.0 Å². The van der Waals surface area contributed by atoms with E-state index in [1.807, 2.05) is 6.92 Å². The molecule has 0 bridgehead atoms. The van der Waals surface area contributed by atoms with Crippen LogP contribution in [-0.2, 0) is 0 Å². The van der Waals surface area contributed by atoms with Gasteiger partial charge in [0, 0.05) is 4.88 Å². The van der Waals surface area contributed by atoms with Crippen LogP contribution in [0.3, 0.4) is 0 Å². The second-order valence-corrected chi connectivity index (χ2v) is 6.46. The number of methoxy groups -OCH3 is 1. The van der Waals surface area contributed by atoms with Crippen LogP contribution >= 0.6 is 27.3 Å². The van der Waals surface area contributed by atoms with Crippen molar-refractivity contribution < 1.29 is 14.2 Å². The Bertz CT molecular complexity index is 568. The summed E-state index contributed by atoms with van der Waals surface area (Å²) in [7, 11) is 1.46. The highest BCUT2D eigenvalue weighted by Gasteiger charge is 2.22. The van der Waals surface area contributed by atoms with Crippen molar-refractivity contribution in [3.8, 4) is 5.75 Å². The van der Waals surface area contributed by atoms with Crippen molar-refractivity contribution in [2.24, 2.45) is 0 Å². The molecule has 0 aliphatic heterocycles. The Kier molecular flexibility index (Phi) is 4.04. The number of aryl methyl sites for hydroxylation is 1. The fraction of sp³-hybridized carbons (Fsp3) is 0.231. The minimum absolute atomic E-state index is 0.174. The van der Waals surface area contributed by atoms with Gasteiger partial charge in [-0.3, -0.25) is 0 Å². The van der Waals surface area contributed by atoms with Crippen LogP contribution in [0.5, 0.6) is 5.75 Å². The summed E-state index contributed by atoms with van der Waals surface area (Å²) in [5.74, 6) is -0.118. The van der Waals surface area contributed by atoms with Gasteiger partial charge in [0.2, 0.25) is 0 Å². The Morgan fingerprint density at radius 2 is 2.17 bits per heavy atom. The topological polar surface area (TPSA) is 29.5 Å². The summed E-state index contributed by atoms with van der Waals surface area (Å²) < 4.78 is 19.9. The van der Waals surface area contributed by atoms with Crippen molar-refractivity contribution in [1.29, 1.82) is 0 Å². The maximum atomic E-state index is 13.9. The molecule has 0 spiro atoms. The molecule has 1 atom stereocenters. The van der Waals surface area contributed by atoms with Crippen LogP contribution in [0.4, 0.5) is 4.39 Å². The molecule has 0 aliphatic rings. The number of hydrogen-bond donors (Lipinski definition) is 1. The van der Waals surface area contributed by atoms with Crippen molar-refractivity contribution in [1.82, 2.24) is 0 Å². The highest BCUT2D eigenvalue weighted by molar-refractivity contribution is 9.11. The highest BCUT2D eigenvalue weighted by atomic mass is 79.9. The van der Waals surface area contributed by atoms with Crippen molar-refractivity contribution in [3.05, 3.63) is 49.9 Å². The van der Waals surface area contributed by atoms with Gasteiger partial charge in [-0.15, -0.1) is 11.3 Å². The monoisotopic (exact) mass is 330 g/mol. The molecule has 1 N–H and O–H groups in total. The molecule has 96 valence electrons. The Morgan fingerprint density at radius 3 is 2.72 bits per heavy atom. The lowest BCUT2D eigenvalue weighted by Gasteiger charge is -2.15. The van der Waals surface area contributed by atoms with E-state index in [0.29, 0.717) is 11.3 Å². The molecule has 0 fully saturated rings. The molecule has 1 aromatic carbocycles. The molecule has 0 amide bonds. The van der Waals surface area contributed by atoms with E-state index in [0.717, 1.165) is 8.66 Å². The zero-order chi connectivity index (χ0) is 13.3. The Labute approximate surface area is 117 Å². The second-order valence-electron chi connectivity index (χ2n) is 3.82. The molecule has 0 aliphatic carbocycles. The molecule has 0 saturated heterocycles. The average molecular weight is 331 g/mol. The van der Waals surface area contributed by atoms with Gasteiger partial charge in [0.05, 0.1) is 16.5 Å². The Morgan fingerprint density at radius 1 is 1.44 bits per heavy atom. The molecular formula is C13H12BrFO2S. The summed E-state index contributed by atoms with van der Waals surface area (Å²) >= 11 is 4.87. The summed E-state index contributed by atoms with van der Waals surface area (Å²) in [5, 5.41) is 10.3. The largest absolute Gasteiger partial charge is 0.496 e. The third kappa shape index (κ3) is 2.43. The smallest absolute Gasteiger partial charge is 0.133 e. The number of benzene rings is 1. The summed E-state index contributed by atoms with van der Waals surface area (Å²) in [6.07, 6.45) is -1.02. The molecule has 1 aromatic heterocycles. The third-order valence-electron chi connectivity index (χ3n) is 2.73. The van der Waals surface area contributed by atoms with Gasteiger partial charge in [-0.2, -0.15) is 0 Å². The number of halogens is 2. The maximum Gasteiger partial charge on any atom is 0.133 e. The van der Waals surface area contributed by atoms with Crippen LogP contribution in [-0.4, -0.2) is 12.2 Å². The van der Waals surface area contributed by atoms with E-state index < -0.39 is 11.9 Å². The van der Waals surface area contributed by atoms with E-state index in [4.69, 9.17) is 4.74 Å². The molecule has 2 rings (SSSR count). The summed E-state index contributed by atoms with van der Waals surface area (Å²) in [6, 6.07) is 6.31. The summed E-state index contributed by atoms with van der Waals surface area (Å²) in [5.41, 5.74) is 0.865. The lowest BCUT2D eigenvalue weighted by atomic mass is 10.0. The van der Waals surface area contributed by atoms with Gasteiger partial charge in [-0.05, 0) is 46.6 Å². The first kappa shape index (κ1) is 13.5. The quantitative estimate of drug-likeness (QED) is 0.919. The minimum atomic E-state index is -1.02. The first-order chi connectivity index (χ1) is 8.54. The fourth-order valence-corrected chi connectivity index (χ4v) is 3.59. The third-order valence-corrected chi connectivity index (χ3v) is 4.30. The molecule has 0 radical (unpaired) electrons. The van der Waals surface area contributed by atoms with E-state index in [1.165, 1.54) is 24.5 Å². The summed E-state index contributed by atoms with van der Waals surface area (Å²) in [4.78, 5) is 0.944. The normalized spacial score (nSPS) is 12.5. The van der Waals surface area contributed by atoms with Crippen molar-refractivity contribution >= 4 is 27.3 Å². The molecule has 18 heavy (non-hydrogen) atoms. The molecule has 1 unspecified atom stereocenters. The lowest BCUT2D eigenvalue weighted by molar-refractivity contribution is 0.208. The first-order valence-electron chi connectivity index (χ1n) is 5.31. The number of aliphatic hydroxyl groups is 1. The number of hydrogen-bond acceptors (Lipinski definition) is 3. The Balaban J connectivity index is 2.52. The summed E-state index contributed by atoms with van der Waals surface area (Å²) in [6.45, 7) is 1.89. The van der Waals surface area contributed by atoms with Crippen LogP contribution in [0.1, 0.15) is 22.1 Å². The molecule has 1 heterocycles. The van der Waals surface area contributed by atoms with Crippen LogP contribution < -0.4 is 4.74 Å². The molecule has 2 nitrogen and oxygen atoms in total. The second kappa shape index (κ2) is 5.38. The van der Waals surface area contributed by atoms with Gasteiger partial charge in [0.15, 0.2) is 0 Å². The lowest BCUT2D eigenvalue weighted by Crippen LogP contribution is -2.05. The van der Waals surface area contributed by atoms with Gasteiger partial charge in [-0.1, -0.05) is 6.07 Å². The standard InChI is InChI=1S/C13H12BrFO2S/c1-7-8(6-11(14)18-7)13(16)12-9(15)4-3-5-10(12)17-2/h3-6,13,16H,1-2H3. The van der Waals surface area contributed by atoms with Crippen molar-refractivity contribution in [2.75, 3.05) is 7.11 Å². The molecule has 0 saturated carbocycles. The number of thiophene rings is 1. The number of rotatable bonds is 3. The number of ether oxygens (including phenoxy) is 1. The maximum absolute atomic E-state index is 13.9. The highest BCUT2D eigenvalue weighted by Crippen LogP contribution is 2.37. The van der Waals surface area contributed by atoms with E-state index in [9.17, 15) is 9.50 Å². The van der Waals surface area contributed by atoms with Crippen molar-refractivity contribution in [3.63, 3.8) is 0 Å². The van der Waals surface area contributed by atoms with Crippen LogP contribution in [0.2, 0.25) is 0 Å². The van der Waals surface area contributed by atoms with E-state index in [1.54, 1.807) is 18.2 Å². The predicted molar refractivity (Wildman–Crippen MR) is 73.8 cm³/mol. The van der Waals surface area contributed by atoms with Crippen LogP contribution in [0.15, 0.2) is 28.1 Å². The Hall–Kier alpha value is -0.910. The zero-order valence-electron chi connectivity index (χ0n) is 9.91. The zero-order valence-corrected chi connectivity index (χ0v) is 12.3. The van der Waals surface area contributed by atoms with E-state index in [-0.39, 0.29) is 5.56 Å². The van der Waals surface area contributed by atoms with Gasteiger partial charge in [0.25, 0.3) is 0 Å². The van der Waals surface area contributed by atoms with Crippen LogP contribution in [0.25, 0.3) is 0 Å². The van der Waals surface area contributed by atoms with E-state index >= 15 is 0 Å². The van der Waals surface area contributed by atoms with Gasteiger partial charge in [-0.25, -0.2) is 4.39 Å². The van der Waals surface area contributed by atoms with Gasteiger partial charge < -0.3 is 9.84 Å². The molecular weight excluding hydrogens is 319 g/mol. The number of aliphatic hydroxyl groups excluding tert-OH is 1. The van der Waals surface area contributed by atoms with Crippen LogP contribution in [0, 0.1) is 12.7 Å². The van der Waals surface area contributed by atoms with E-state index in [2.05, 4.69) is 15.9 Å². The van der Waals surface area contributed by atoms with Gasteiger partial charge >= 0.3 is 0 Å². The molecule has 5 heteroatoms.